The third-order valence-electron chi connectivity index (χ3n) is 11.4. The number of aliphatic carboxylic acids is 1. The highest BCUT2D eigenvalue weighted by molar-refractivity contribution is 5.90. The highest BCUT2D eigenvalue weighted by Gasteiger charge is 2.45. The first kappa shape index (κ1) is 32.7. The number of nitrogens with zero attached hydrogens (tertiary/aromatic N) is 3. The predicted octanol–water partition coefficient (Wildman–Crippen LogP) is 3.16. The molecule has 5 unspecified atom stereocenters. The van der Waals surface area contributed by atoms with Gasteiger partial charge in [-0.2, -0.15) is 0 Å². The fourth-order valence-corrected chi connectivity index (χ4v) is 8.74. The number of carboxylic acid groups (broad SMARTS) is 1. The summed E-state index contributed by atoms with van der Waals surface area (Å²) in [6.07, 6.45) is 11.9. The van der Waals surface area contributed by atoms with Crippen LogP contribution in [0.3, 0.4) is 0 Å². The number of rotatable bonds is 9. The maximum absolute atomic E-state index is 13.5. The highest BCUT2D eigenvalue weighted by atomic mass is 16.4. The smallest absolute Gasteiger partial charge is 0.317 e. The van der Waals surface area contributed by atoms with E-state index in [4.69, 9.17) is 5.11 Å². The molecule has 5 fully saturated rings. The number of nitrogens with one attached hydrogen (secondary N) is 2. The Morgan fingerprint density at radius 3 is 2.34 bits per heavy atom. The first-order valence-electron chi connectivity index (χ1n) is 17.1. The Morgan fingerprint density at radius 1 is 0.909 bits per heavy atom. The Labute approximate surface area is 261 Å². The van der Waals surface area contributed by atoms with Crippen LogP contribution in [0.25, 0.3) is 0 Å². The quantitative estimate of drug-likeness (QED) is 0.362. The molecule has 5 aliphatic rings. The number of hydrogen-bond donors (Lipinski definition) is 3. The zero-order chi connectivity index (χ0) is 31.6. The second-order valence-electron chi connectivity index (χ2n) is 14.7. The van der Waals surface area contributed by atoms with Crippen molar-refractivity contribution in [1.82, 2.24) is 25.3 Å². The largest absolute Gasteiger partial charge is 0.481 e. The number of likely N-dealkylation sites (N-methyl/N-ethyl adjacent to an activating group) is 1. The molecule has 0 radical (unpaired) electrons. The molecule has 3 aliphatic carbocycles. The van der Waals surface area contributed by atoms with E-state index in [-0.39, 0.29) is 61.3 Å². The van der Waals surface area contributed by atoms with Crippen LogP contribution in [-0.2, 0) is 19.2 Å². The maximum atomic E-state index is 13.5. The molecule has 11 nitrogen and oxygen atoms in total. The van der Waals surface area contributed by atoms with E-state index >= 15 is 0 Å². The van der Waals surface area contributed by atoms with E-state index in [0.717, 1.165) is 51.5 Å². The summed E-state index contributed by atoms with van der Waals surface area (Å²) < 4.78 is 0. The van der Waals surface area contributed by atoms with E-state index in [9.17, 15) is 24.0 Å². The molecule has 0 bridgehead atoms. The van der Waals surface area contributed by atoms with Gasteiger partial charge in [0, 0.05) is 50.7 Å². The van der Waals surface area contributed by atoms with Gasteiger partial charge >= 0.3 is 12.0 Å². The van der Waals surface area contributed by atoms with Gasteiger partial charge < -0.3 is 30.4 Å². The Kier molecular flexibility index (Phi) is 10.2. The minimum atomic E-state index is -1.000. The van der Waals surface area contributed by atoms with E-state index < -0.39 is 17.4 Å². The molecule has 3 saturated carbocycles. The molecule has 5 rings (SSSR count). The van der Waals surface area contributed by atoms with Crippen LogP contribution in [0.5, 0.6) is 0 Å². The van der Waals surface area contributed by atoms with Crippen molar-refractivity contribution in [1.29, 1.82) is 0 Å². The standard InChI is InChI=1S/C33H53N5O6/c1-33(2,35-24-12-13-27-25(19-24)31(43)37(16-15-30(41)42)20-29(40)36(27)3)28(39)18-21-8-10-23(11-9-21)34-32(44)38-17-14-22-6-4-5-7-26(22)38/h21-27,35H,4-20H2,1-3H3,(H,34,44)(H,41,42). The van der Waals surface area contributed by atoms with E-state index in [1.165, 1.54) is 24.2 Å². The van der Waals surface area contributed by atoms with Crippen LogP contribution in [0.1, 0.15) is 104 Å². The van der Waals surface area contributed by atoms with Gasteiger partial charge in [-0.1, -0.05) is 12.8 Å². The molecule has 0 aromatic heterocycles. The van der Waals surface area contributed by atoms with Crippen molar-refractivity contribution in [3.05, 3.63) is 0 Å². The highest BCUT2D eigenvalue weighted by Crippen LogP contribution is 2.37. The molecule has 4 amide bonds. The van der Waals surface area contributed by atoms with Gasteiger partial charge in [0.2, 0.25) is 11.8 Å². The average molecular weight is 616 g/mol. The van der Waals surface area contributed by atoms with Crippen molar-refractivity contribution in [2.45, 2.75) is 133 Å². The molecule has 0 aromatic carbocycles. The normalized spacial score (nSPS) is 33.0. The number of amides is 4. The van der Waals surface area contributed by atoms with Crippen molar-refractivity contribution in [2.75, 3.05) is 26.7 Å². The van der Waals surface area contributed by atoms with Crippen LogP contribution in [0, 0.1) is 17.8 Å². The molecule has 5 atom stereocenters. The molecule has 2 aliphatic heterocycles. The van der Waals surface area contributed by atoms with Gasteiger partial charge in [-0.25, -0.2) is 4.79 Å². The topological polar surface area (TPSA) is 139 Å². The van der Waals surface area contributed by atoms with Crippen molar-refractivity contribution in [2.24, 2.45) is 17.8 Å². The summed E-state index contributed by atoms with van der Waals surface area (Å²) in [6, 6.07) is 0.429. The Balaban J connectivity index is 1.09. The summed E-state index contributed by atoms with van der Waals surface area (Å²) in [5, 5.41) is 16.0. The molecule has 2 heterocycles. The lowest BCUT2D eigenvalue weighted by Gasteiger charge is -2.41. The number of carbonyl (C=O) groups is 5. The molecule has 11 heteroatoms. The predicted molar refractivity (Wildman–Crippen MR) is 165 cm³/mol. The molecular weight excluding hydrogens is 562 g/mol. The summed E-state index contributed by atoms with van der Waals surface area (Å²) in [7, 11) is 1.73. The lowest BCUT2D eigenvalue weighted by atomic mass is 9.77. The number of carboxylic acids is 1. The van der Waals surface area contributed by atoms with Crippen LogP contribution in [0.15, 0.2) is 0 Å². The monoisotopic (exact) mass is 615 g/mol. The van der Waals surface area contributed by atoms with Crippen molar-refractivity contribution >= 4 is 29.6 Å². The number of carbonyl (C=O) groups excluding carboxylic acids is 4. The van der Waals surface area contributed by atoms with Gasteiger partial charge in [0.15, 0.2) is 5.78 Å². The van der Waals surface area contributed by atoms with Crippen LogP contribution >= 0.6 is 0 Å². The van der Waals surface area contributed by atoms with Crippen LogP contribution in [0.4, 0.5) is 4.79 Å². The molecule has 44 heavy (non-hydrogen) atoms. The number of hydrogen-bond acceptors (Lipinski definition) is 6. The summed E-state index contributed by atoms with van der Waals surface area (Å²) >= 11 is 0. The van der Waals surface area contributed by atoms with E-state index in [2.05, 4.69) is 15.5 Å². The minimum absolute atomic E-state index is 0.0181. The van der Waals surface area contributed by atoms with Gasteiger partial charge in [0.05, 0.1) is 24.4 Å². The van der Waals surface area contributed by atoms with Crippen LogP contribution < -0.4 is 10.6 Å². The molecule has 3 N–H and O–H groups in total. The number of ketones is 1. The minimum Gasteiger partial charge on any atom is -0.481 e. The van der Waals surface area contributed by atoms with E-state index in [1.54, 1.807) is 11.9 Å². The third kappa shape index (κ3) is 7.40. The molecule has 2 saturated heterocycles. The van der Waals surface area contributed by atoms with Crippen LogP contribution in [-0.4, -0.2) is 106 Å². The zero-order valence-corrected chi connectivity index (χ0v) is 26.9. The Hall–Kier alpha value is -2.69. The lowest BCUT2D eigenvalue weighted by Crippen LogP contribution is -2.56. The van der Waals surface area contributed by atoms with Crippen LogP contribution in [0.2, 0.25) is 0 Å². The van der Waals surface area contributed by atoms with Gasteiger partial charge in [0.1, 0.15) is 0 Å². The average Bonchev–Trinajstić information content (AvgIpc) is 3.40. The molecule has 246 valence electrons. The second kappa shape index (κ2) is 13.7. The Morgan fingerprint density at radius 2 is 1.61 bits per heavy atom. The third-order valence-corrected chi connectivity index (χ3v) is 11.4. The molecular formula is C33H53N5O6. The van der Waals surface area contributed by atoms with E-state index in [0.29, 0.717) is 37.1 Å². The van der Waals surface area contributed by atoms with Crippen molar-refractivity contribution < 1.29 is 29.1 Å². The first-order chi connectivity index (χ1) is 20.9. The van der Waals surface area contributed by atoms with Crippen molar-refractivity contribution in [3.8, 4) is 0 Å². The van der Waals surface area contributed by atoms with Gasteiger partial charge in [-0.3, -0.25) is 19.2 Å². The van der Waals surface area contributed by atoms with Gasteiger partial charge in [0.25, 0.3) is 0 Å². The van der Waals surface area contributed by atoms with E-state index in [1.807, 2.05) is 13.8 Å². The second-order valence-corrected chi connectivity index (χ2v) is 14.7. The van der Waals surface area contributed by atoms with Crippen molar-refractivity contribution in [3.63, 3.8) is 0 Å². The summed E-state index contributed by atoms with van der Waals surface area (Å²) in [5.41, 5.74) is -0.757. The lowest BCUT2D eigenvalue weighted by molar-refractivity contribution is -0.141. The number of fused-ring (bicyclic) bond motifs is 2. The summed E-state index contributed by atoms with van der Waals surface area (Å²) in [5.74, 6) is -0.617. The fourth-order valence-electron chi connectivity index (χ4n) is 8.74. The zero-order valence-electron chi connectivity index (χ0n) is 26.9. The molecule has 0 spiro atoms. The maximum Gasteiger partial charge on any atom is 0.317 e. The number of urea groups is 1. The van der Waals surface area contributed by atoms with Gasteiger partial charge in [-0.15, -0.1) is 0 Å². The number of Topliss-reactive ketones (excluding diaryl/α,β-unsaturated/α-hetero) is 1. The summed E-state index contributed by atoms with van der Waals surface area (Å²) in [4.78, 5) is 69.1. The Bertz CT molecular complexity index is 1100. The molecule has 0 aromatic rings. The SMILES string of the molecule is CN1C(=O)CN(CCC(=O)O)C(=O)C2CC(NC(C)(C)C(=O)CC3CCC(NC(=O)N4CCC5CCCCC54)CC3)CCC21. The first-order valence-corrected chi connectivity index (χ1v) is 17.1. The fraction of sp³-hybridized carbons (Fsp3) is 0.848. The number of likely N-dealkylation sites (tertiary alicyclic amines) is 1. The van der Waals surface area contributed by atoms with Gasteiger partial charge in [-0.05, 0) is 89.9 Å². The summed E-state index contributed by atoms with van der Waals surface area (Å²) in [6.45, 7) is 4.64.